The Labute approximate surface area is 207 Å². The average Bonchev–Trinajstić information content (AvgIpc) is 3.35. The van der Waals surface area contributed by atoms with Gasteiger partial charge >= 0.3 is 5.97 Å². The minimum atomic E-state index is -1.81. The van der Waals surface area contributed by atoms with E-state index in [0.29, 0.717) is 23.6 Å². The zero-order chi connectivity index (χ0) is 25.4. The number of benzene rings is 3. The molecule has 7 nitrogen and oxygen atoms in total. The van der Waals surface area contributed by atoms with E-state index in [0.717, 1.165) is 4.90 Å². The number of halogens is 1. The molecule has 0 aliphatic carbocycles. The minimum absolute atomic E-state index is 0.0502. The van der Waals surface area contributed by atoms with Crippen molar-refractivity contribution in [1.82, 2.24) is 5.32 Å². The van der Waals surface area contributed by atoms with Crippen molar-refractivity contribution in [3.05, 3.63) is 95.8 Å². The highest BCUT2D eigenvalue weighted by molar-refractivity contribution is 6.24. The Morgan fingerprint density at radius 3 is 2.31 bits per heavy atom. The summed E-state index contributed by atoms with van der Waals surface area (Å²) in [5.41, 5.74) is -0.668. The molecule has 0 bridgehead atoms. The molecule has 36 heavy (non-hydrogen) atoms. The fraction of sp³-hybridized carbons (Fsp3) is 0.250. The van der Waals surface area contributed by atoms with Gasteiger partial charge in [0.1, 0.15) is 17.1 Å². The molecule has 3 aromatic rings. The van der Waals surface area contributed by atoms with Crippen molar-refractivity contribution >= 4 is 23.5 Å². The van der Waals surface area contributed by atoms with E-state index in [4.69, 9.17) is 4.74 Å². The lowest BCUT2D eigenvalue weighted by molar-refractivity contribution is -0.148. The number of hydrogen-bond acceptors (Lipinski definition) is 5. The molecule has 5 rings (SSSR count). The van der Waals surface area contributed by atoms with Crippen molar-refractivity contribution in [1.29, 1.82) is 0 Å². The first-order valence-corrected chi connectivity index (χ1v) is 11.8. The van der Waals surface area contributed by atoms with Crippen LogP contribution in [0.5, 0.6) is 5.75 Å². The van der Waals surface area contributed by atoms with E-state index < -0.39 is 47.0 Å². The molecule has 2 heterocycles. The number of imide groups is 1. The highest BCUT2D eigenvalue weighted by Crippen LogP contribution is 2.51. The van der Waals surface area contributed by atoms with Crippen molar-refractivity contribution in [3.8, 4) is 5.75 Å². The van der Waals surface area contributed by atoms with Crippen molar-refractivity contribution in [3.63, 3.8) is 0 Å². The number of carboxylic acids is 1. The average molecular weight is 489 g/mol. The van der Waals surface area contributed by atoms with Gasteiger partial charge in [-0.2, -0.15) is 0 Å². The Kier molecular flexibility index (Phi) is 6.05. The Hall–Kier alpha value is -4.04. The summed E-state index contributed by atoms with van der Waals surface area (Å²) in [4.78, 5) is 41.6. The van der Waals surface area contributed by atoms with Crippen molar-refractivity contribution < 1.29 is 28.6 Å². The van der Waals surface area contributed by atoms with Gasteiger partial charge in [0, 0.05) is 18.0 Å². The van der Waals surface area contributed by atoms with E-state index in [2.05, 4.69) is 5.32 Å². The number of anilines is 1. The summed E-state index contributed by atoms with van der Waals surface area (Å²) in [5, 5.41) is 13.6. The second-order valence-electron chi connectivity index (χ2n) is 9.02. The fourth-order valence-corrected chi connectivity index (χ4v) is 5.46. The molecule has 2 aliphatic heterocycles. The van der Waals surface area contributed by atoms with Gasteiger partial charge in [-0.05, 0) is 42.8 Å². The number of aliphatic carboxylic acids is 1. The van der Waals surface area contributed by atoms with Gasteiger partial charge in [0.25, 0.3) is 0 Å². The summed E-state index contributed by atoms with van der Waals surface area (Å²) in [6.07, 6.45) is -0.0502. The van der Waals surface area contributed by atoms with Crippen LogP contribution in [0.2, 0.25) is 0 Å². The molecule has 4 atom stereocenters. The van der Waals surface area contributed by atoms with Crippen LogP contribution in [0, 0.1) is 17.7 Å². The van der Waals surface area contributed by atoms with E-state index in [1.54, 1.807) is 54.6 Å². The lowest BCUT2D eigenvalue weighted by atomic mass is 9.76. The zero-order valence-electron chi connectivity index (χ0n) is 19.6. The first-order chi connectivity index (χ1) is 17.4. The van der Waals surface area contributed by atoms with Crippen LogP contribution in [0.1, 0.15) is 24.1 Å². The standard InChI is InChI=1S/C28H25FN2O5/c1-2-36-19-14-12-18(13-15-19)31-25(32)22-23(26(31)33)28(27(34)35,16-17-8-4-3-5-9-17)30-24(22)20-10-6-7-11-21(20)29/h3-15,22-24,30H,2,16H2,1H3,(H,34,35). The summed E-state index contributed by atoms with van der Waals surface area (Å²) in [6, 6.07) is 20.3. The summed E-state index contributed by atoms with van der Waals surface area (Å²) in [7, 11) is 0. The number of nitrogens with one attached hydrogen (secondary N) is 1. The Morgan fingerprint density at radius 2 is 1.67 bits per heavy atom. The largest absolute Gasteiger partial charge is 0.494 e. The highest BCUT2D eigenvalue weighted by Gasteiger charge is 2.68. The number of carbonyl (C=O) groups excluding carboxylic acids is 2. The summed E-state index contributed by atoms with van der Waals surface area (Å²) in [6.45, 7) is 2.30. The first kappa shape index (κ1) is 23.7. The number of ether oxygens (including phenoxy) is 1. The van der Waals surface area contributed by atoms with Crippen LogP contribution < -0.4 is 15.0 Å². The van der Waals surface area contributed by atoms with Gasteiger partial charge in [0.2, 0.25) is 11.8 Å². The van der Waals surface area contributed by atoms with Crippen LogP contribution in [0.3, 0.4) is 0 Å². The normalized spacial score (nSPS) is 25.2. The lowest BCUT2D eigenvalue weighted by Gasteiger charge is -2.31. The molecule has 0 saturated carbocycles. The van der Waals surface area contributed by atoms with E-state index in [9.17, 15) is 23.9 Å². The molecule has 184 valence electrons. The van der Waals surface area contributed by atoms with Crippen LogP contribution in [-0.4, -0.2) is 35.0 Å². The molecule has 2 fully saturated rings. The number of rotatable bonds is 7. The van der Waals surface area contributed by atoms with Gasteiger partial charge in [-0.15, -0.1) is 0 Å². The molecule has 4 unspecified atom stereocenters. The predicted molar refractivity (Wildman–Crippen MR) is 130 cm³/mol. The van der Waals surface area contributed by atoms with Crippen molar-refractivity contribution in [2.24, 2.45) is 11.8 Å². The molecule has 2 saturated heterocycles. The molecule has 0 spiro atoms. The number of amides is 2. The molecule has 2 aliphatic rings. The lowest BCUT2D eigenvalue weighted by Crippen LogP contribution is -2.57. The van der Waals surface area contributed by atoms with Gasteiger partial charge < -0.3 is 9.84 Å². The number of carboxylic acid groups (broad SMARTS) is 1. The van der Waals surface area contributed by atoms with Crippen molar-refractivity contribution in [2.75, 3.05) is 11.5 Å². The molecule has 2 N–H and O–H groups in total. The number of hydrogen-bond donors (Lipinski definition) is 2. The van der Waals surface area contributed by atoms with Crippen LogP contribution >= 0.6 is 0 Å². The van der Waals surface area contributed by atoms with Gasteiger partial charge in [0.05, 0.1) is 24.1 Å². The fourth-order valence-electron chi connectivity index (χ4n) is 5.46. The van der Waals surface area contributed by atoms with E-state index in [-0.39, 0.29) is 12.0 Å². The van der Waals surface area contributed by atoms with Gasteiger partial charge in [0.15, 0.2) is 0 Å². The number of nitrogens with zero attached hydrogens (tertiary/aromatic N) is 1. The second-order valence-corrected chi connectivity index (χ2v) is 9.02. The third-order valence-corrected chi connectivity index (χ3v) is 7.01. The van der Waals surface area contributed by atoms with E-state index in [1.807, 2.05) is 13.0 Å². The number of carbonyl (C=O) groups is 3. The first-order valence-electron chi connectivity index (χ1n) is 11.8. The predicted octanol–water partition coefficient (Wildman–Crippen LogP) is 3.74. The topological polar surface area (TPSA) is 95.9 Å². The summed E-state index contributed by atoms with van der Waals surface area (Å²) < 4.78 is 20.4. The Bertz CT molecular complexity index is 1310. The molecule has 3 aromatic carbocycles. The number of fused-ring (bicyclic) bond motifs is 1. The molecular weight excluding hydrogens is 463 g/mol. The molecule has 2 amide bonds. The van der Waals surface area contributed by atoms with E-state index in [1.165, 1.54) is 18.2 Å². The second kappa shape index (κ2) is 9.20. The van der Waals surface area contributed by atoms with Crippen LogP contribution in [0.15, 0.2) is 78.9 Å². The van der Waals surface area contributed by atoms with Gasteiger partial charge in [-0.3, -0.25) is 19.7 Å². The molecule has 8 heteroatoms. The molecular formula is C28H25FN2O5. The Balaban J connectivity index is 1.63. The SMILES string of the molecule is CCOc1ccc(N2C(=O)C3C(c4ccccc4F)NC(Cc4ccccc4)(C(=O)O)C3C2=O)cc1. The Morgan fingerprint density at radius 1 is 1.00 bits per heavy atom. The summed E-state index contributed by atoms with van der Waals surface area (Å²) >= 11 is 0. The van der Waals surface area contributed by atoms with Gasteiger partial charge in [-0.25, -0.2) is 9.29 Å². The maximum atomic E-state index is 14.9. The molecule has 0 radical (unpaired) electrons. The van der Waals surface area contributed by atoms with Gasteiger partial charge in [-0.1, -0.05) is 48.5 Å². The minimum Gasteiger partial charge on any atom is -0.494 e. The van der Waals surface area contributed by atoms with Crippen LogP contribution in [0.25, 0.3) is 0 Å². The summed E-state index contributed by atoms with van der Waals surface area (Å²) in [5.74, 6) is -4.79. The maximum Gasteiger partial charge on any atom is 0.325 e. The highest BCUT2D eigenvalue weighted by atomic mass is 19.1. The monoisotopic (exact) mass is 488 g/mol. The smallest absolute Gasteiger partial charge is 0.325 e. The maximum absolute atomic E-state index is 14.9. The van der Waals surface area contributed by atoms with Crippen LogP contribution in [-0.2, 0) is 20.8 Å². The van der Waals surface area contributed by atoms with E-state index >= 15 is 0 Å². The molecule has 0 aromatic heterocycles. The zero-order valence-corrected chi connectivity index (χ0v) is 19.6. The van der Waals surface area contributed by atoms with Crippen molar-refractivity contribution in [2.45, 2.75) is 24.9 Å². The third-order valence-electron chi connectivity index (χ3n) is 7.01. The van der Waals surface area contributed by atoms with Crippen LogP contribution in [0.4, 0.5) is 10.1 Å². The quantitative estimate of drug-likeness (QED) is 0.492. The third kappa shape index (κ3) is 3.74.